The second kappa shape index (κ2) is 10.9. The van der Waals surface area contributed by atoms with Crippen LogP contribution in [0.15, 0.2) is 28.2 Å². The molecule has 3 aromatic rings. The van der Waals surface area contributed by atoms with Crippen LogP contribution in [-0.2, 0) is 30.6 Å². The summed E-state index contributed by atoms with van der Waals surface area (Å²) in [5, 5.41) is 12.6. The second-order valence-corrected chi connectivity index (χ2v) is 9.90. The van der Waals surface area contributed by atoms with Crippen LogP contribution in [0.5, 0.6) is 11.5 Å². The van der Waals surface area contributed by atoms with Crippen LogP contribution in [-0.4, -0.2) is 42.0 Å². The highest BCUT2D eigenvalue weighted by molar-refractivity contribution is 7.99. The highest BCUT2D eigenvalue weighted by Crippen LogP contribution is 2.35. The Balaban J connectivity index is 1.62. The van der Waals surface area contributed by atoms with Crippen molar-refractivity contribution in [2.75, 3.05) is 26.5 Å². The smallest absolute Gasteiger partial charge is 0.263 e. The van der Waals surface area contributed by atoms with Gasteiger partial charge in [-0.25, -0.2) is 4.98 Å². The first-order chi connectivity index (χ1) is 16.5. The number of thioether (sulfide) groups is 1. The monoisotopic (exact) mass is 498 g/mol. The molecule has 0 saturated heterocycles. The fourth-order valence-corrected chi connectivity index (χ4v) is 6.24. The Morgan fingerprint density at radius 3 is 2.88 bits per heavy atom. The fourth-order valence-electron chi connectivity index (χ4n) is 4.08. The van der Waals surface area contributed by atoms with E-state index in [2.05, 4.69) is 5.32 Å². The Morgan fingerprint density at radius 1 is 1.29 bits per heavy atom. The van der Waals surface area contributed by atoms with E-state index in [9.17, 15) is 9.59 Å². The Kier molecular flexibility index (Phi) is 7.75. The number of methoxy groups -OCH3 is 2. The lowest BCUT2D eigenvalue weighted by molar-refractivity contribution is -0.118. The summed E-state index contributed by atoms with van der Waals surface area (Å²) in [6, 6.07) is 7.72. The fraction of sp³-hybridized carbons (Fsp3) is 0.417. The average molecular weight is 499 g/mol. The topological polar surface area (TPSA) is 106 Å². The van der Waals surface area contributed by atoms with Gasteiger partial charge in [-0.2, -0.15) is 5.26 Å². The van der Waals surface area contributed by atoms with Gasteiger partial charge in [0.05, 0.1) is 37.8 Å². The quantitative estimate of drug-likeness (QED) is 0.260. The van der Waals surface area contributed by atoms with Crippen LogP contribution in [0.25, 0.3) is 10.2 Å². The van der Waals surface area contributed by atoms with E-state index in [0.717, 1.165) is 40.6 Å². The van der Waals surface area contributed by atoms with Crippen molar-refractivity contribution in [2.24, 2.45) is 0 Å². The van der Waals surface area contributed by atoms with Gasteiger partial charge < -0.3 is 14.8 Å². The number of nitrogens with one attached hydrogen (secondary N) is 1. The maximum absolute atomic E-state index is 13.6. The summed E-state index contributed by atoms with van der Waals surface area (Å²) in [6.07, 6.45) is 3.83. The van der Waals surface area contributed by atoms with Crippen molar-refractivity contribution < 1.29 is 14.3 Å². The normalized spacial score (nSPS) is 12.4. The maximum Gasteiger partial charge on any atom is 0.263 e. The Labute approximate surface area is 205 Å². The number of aromatic nitrogens is 2. The summed E-state index contributed by atoms with van der Waals surface area (Å²) in [4.78, 5) is 32.6. The van der Waals surface area contributed by atoms with Crippen molar-refractivity contribution in [3.63, 3.8) is 0 Å². The first-order valence-corrected chi connectivity index (χ1v) is 12.9. The lowest BCUT2D eigenvalue weighted by Crippen LogP contribution is -2.28. The highest BCUT2D eigenvalue weighted by atomic mass is 32.2. The molecule has 4 rings (SSSR count). The van der Waals surface area contributed by atoms with Gasteiger partial charge in [-0.3, -0.25) is 14.2 Å². The molecular formula is C24H26N4O4S2. The Hall–Kier alpha value is -3.03. The molecule has 8 nitrogen and oxygen atoms in total. The summed E-state index contributed by atoms with van der Waals surface area (Å²) in [5.74, 6) is 1.24. The molecule has 10 heteroatoms. The number of nitriles is 1. The first-order valence-electron chi connectivity index (χ1n) is 11.1. The van der Waals surface area contributed by atoms with Crippen molar-refractivity contribution in [2.45, 2.75) is 43.8 Å². The van der Waals surface area contributed by atoms with Crippen molar-refractivity contribution >= 4 is 39.2 Å². The molecule has 0 unspecified atom stereocenters. The Bertz CT molecular complexity index is 1310. The average Bonchev–Trinajstić information content (AvgIpc) is 3.43. The van der Waals surface area contributed by atoms with Crippen LogP contribution < -0.4 is 20.3 Å². The minimum atomic E-state index is -0.185. The molecule has 34 heavy (non-hydrogen) atoms. The molecule has 2 aromatic heterocycles. The zero-order valence-corrected chi connectivity index (χ0v) is 20.8. The van der Waals surface area contributed by atoms with E-state index in [4.69, 9.17) is 19.7 Å². The van der Waals surface area contributed by atoms with E-state index in [1.807, 2.05) is 24.3 Å². The number of rotatable bonds is 10. The van der Waals surface area contributed by atoms with Crippen LogP contribution in [0.1, 0.15) is 28.8 Å². The second-order valence-electron chi connectivity index (χ2n) is 7.87. The molecule has 1 aromatic carbocycles. The summed E-state index contributed by atoms with van der Waals surface area (Å²) in [7, 11) is 3.19. The third kappa shape index (κ3) is 5.05. The standard InChI is InChI=1S/C24H26N4O4S2/c1-31-17-8-7-15(13-18(17)32-2)9-12-28-23(30)21-16-5-3-6-19(16)34-22(21)27-24(28)33-14-20(29)26-11-4-10-25/h7-8,13H,3-6,9,11-12,14H2,1-2H3,(H,26,29). The molecule has 1 aliphatic rings. The maximum atomic E-state index is 13.6. The number of carbonyl (C=O) groups is 1. The third-order valence-corrected chi connectivity index (χ3v) is 7.92. The van der Waals surface area contributed by atoms with E-state index in [1.54, 1.807) is 30.1 Å². The van der Waals surface area contributed by atoms with Gasteiger partial charge >= 0.3 is 0 Å². The third-order valence-electron chi connectivity index (χ3n) is 5.75. The van der Waals surface area contributed by atoms with E-state index < -0.39 is 0 Å². The molecule has 0 aliphatic heterocycles. The summed E-state index contributed by atoms with van der Waals surface area (Å²) in [5.41, 5.74) is 2.10. The minimum Gasteiger partial charge on any atom is -0.493 e. The van der Waals surface area contributed by atoms with E-state index in [0.29, 0.717) is 36.2 Å². The molecule has 0 spiro atoms. The van der Waals surface area contributed by atoms with Gasteiger partial charge in [0.15, 0.2) is 16.7 Å². The van der Waals surface area contributed by atoms with Crippen molar-refractivity contribution in [1.82, 2.24) is 14.9 Å². The van der Waals surface area contributed by atoms with E-state index in [-0.39, 0.29) is 23.6 Å². The van der Waals surface area contributed by atoms with Gasteiger partial charge in [0, 0.05) is 18.0 Å². The number of benzene rings is 1. The first kappa shape index (κ1) is 24.1. The lowest BCUT2D eigenvalue weighted by atomic mass is 10.1. The van der Waals surface area contributed by atoms with E-state index >= 15 is 0 Å². The molecule has 0 bridgehead atoms. The molecule has 1 aliphatic carbocycles. The number of nitrogens with zero attached hydrogens (tertiary/aromatic N) is 3. The zero-order chi connectivity index (χ0) is 24.1. The van der Waals surface area contributed by atoms with Crippen LogP contribution >= 0.6 is 23.1 Å². The number of thiophene rings is 1. The molecule has 2 heterocycles. The molecule has 0 fully saturated rings. The number of hydrogen-bond acceptors (Lipinski definition) is 8. The van der Waals surface area contributed by atoms with Gasteiger partial charge in [-0.1, -0.05) is 17.8 Å². The van der Waals surface area contributed by atoms with Crippen LogP contribution in [0.3, 0.4) is 0 Å². The van der Waals surface area contributed by atoms with Crippen LogP contribution in [0.2, 0.25) is 0 Å². The minimum absolute atomic E-state index is 0.0442. The number of amides is 1. The van der Waals surface area contributed by atoms with Gasteiger partial charge in [0.25, 0.3) is 5.56 Å². The zero-order valence-electron chi connectivity index (χ0n) is 19.2. The molecular weight excluding hydrogens is 472 g/mol. The van der Waals surface area contributed by atoms with Crippen molar-refractivity contribution in [1.29, 1.82) is 5.26 Å². The molecule has 1 N–H and O–H groups in total. The number of aryl methyl sites for hydroxylation is 3. The number of carbonyl (C=O) groups excluding carboxylic acids is 1. The molecule has 178 valence electrons. The summed E-state index contributed by atoms with van der Waals surface area (Å²) in [6.45, 7) is 0.742. The molecule has 1 amide bonds. The Morgan fingerprint density at radius 2 is 2.12 bits per heavy atom. The van der Waals surface area contributed by atoms with Crippen molar-refractivity contribution in [3.8, 4) is 17.6 Å². The van der Waals surface area contributed by atoms with Gasteiger partial charge in [0.1, 0.15) is 4.83 Å². The summed E-state index contributed by atoms with van der Waals surface area (Å²) >= 11 is 2.84. The SMILES string of the molecule is COc1ccc(CCn2c(SCC(=O)NCCC#N)nc3sc4c(c3c2=O)CCC4)cc1OC. The van der Waals surface area contributed by atoms with Crippen LogP contribution in [0.4, 0.5) is 0 Å². The summed E-state index contributed by atoms with van der Waals surface area (Å²) < 4.78 is 12.4. The molecule has 0 radical (unpaired) electrons. The van der Waals surface area contributed by atoms with Gasteiger partial charge in [-0.05, 0) is 48.9 Å². The van der Waals surface area contributed by atoms with Crippen LogP contribution in [0, 0.1) is 11.3 Å². The number of hydrogen-bond donors (Lipinski definition) is 1. The predicted molar refractivity (Wildman–Crippen MR) is 133 cm³/mol. The number of fused-ring (bicyclic) bond motifs is 3. The molecule has 0 atom stereocenters. The lowest BCUT2D eigenvalue weighted by Gasteiger charge is -2.14. The predicted octanol–water partition coefficient (Wildman–Crippen LogP) is 3.33. The van der Waals surface area contributed by atoms with E-state index in [1.165, 1.54) is 16.6 Å². The van der Waals surface area contributed by atoms with Crippen molar-refractivity contribution in [3.05, 3.63) is 44.6 Å². The van der Waals surface area contributed by atoms with Gasteiger partial charge in [0.2, 0.25) is 5.91 Å². The largest absolute Gasteiger partial charge is 0.493 e. The van der Waals surface area contributed by atoms with Gasteiger partial charge in [-0.15, -0.1) is 11.3 Å². The number of ether oxygens (including phenoxy) is 2. The highest BCUT2D eigenvalue weighted by Gasteiger charge is 2.23. The molecule has 0 saturated carbocycles.